The summed E-state index contributed by atoms with van der Waals surface area (Å²) in [6.45, 7) is 6.50. The van der Waals surface area contributed by atoms with Gasteiger partial charge in [-0.05, 0) is 103 Å². The van der Waals surface area contributed by atoms with Crippen LogP contribution >= 0.6 is 0 Å². The predicted molar refractivity (Wildman–Crippen MR) is 242 cm³/mol. The SMILES string of the molecule is C=CCOC12Oc3ccc(OC(=O)Nc4ccc(OC)cc4OC)cc3C3C(CCCCO)C(CCCCO)C=C(C(=NOCC)CC1N(C)C(=O)c1ccc4ccccc4c1)C32. The second-order valence-corrected chi connectivity index (χ2v) is 16.2. The van der Waals surface area contributed by atoms with Gasteiger partial charge in [-0.2, -0.15) is 0 Å². The van der Waals surface area contributed by atoms with Crippen LogP contribution in [-0.4, -0.2) is 92.3 Å². The van der Waals surface area contributed by atoms with Crippen molar-refractivity contribution in [2.75, 3.05) is 53.0 Å². The molecule has 0 saturated heterocycles. The average Bonchev–Trinajstić information content (AvgIpc) is 3.30. The minimum absolute atomic E-state index is 0.0143. The Labute approximate surface area is 369 Å². The fourth-order valence-corrected chi connectivity index (χ4v) is 9.75. The summed E-state index contributed by atoms with van der Waals surface area (Å²) in [6.07, 6.45) is 7.89. The number of unbranched alkanes of at least 4 members (excludes halogenated alkanes) is 2. The zero-order valence-corrected chi connectivity index (χ0v) is 36.6. The Morgan fingerprint density at radius 3 is 2.43 bits per heavy atom. The number of oxime groups is 1. The Balaban J connectivity index is 1.37. The molecule has 7 rings (SSSR count). The van der Waals surface area contributed by atoms with Crippen molar-refractivity contribution in [2.24, 2.45) is 22.9 Å². The molecule has 0 bridgehead atoms. The number of aliphatic hydroxyl groups is 2. The lowest BCUT2D eigenvalue weighted by atomic mass is 9.55. The van der Waals surface area contributed by atoms with Crippen molar-refractivity contribution in [3.05, 3.63) is 114 Å². The highest BCUT2D eigenvalue weighted by molar-refractivity contribution is 6.04. The van der Waals surface area contributed by atoms with Gasteiger partial charge in [-0.3, -0.25) is 10.1 Å². The molecule has 2 aliphatic carbocycles. The van der Waals surface area contributed by atoms with Crippen LogP contribution < -0.4 is 24.3 Å². The van der Waals surface area contributed by atoms with Crippen LogP contribution in [-0.2, 0) is 9.57 Å². The molecule has 2 amide bonds. The van der Waals surface area contributed by atoms with Crippen molar-refractivity contribution in [1.29, 1.82) is 0 Å². The molecule has 1 saturated carbocycles. The topological polar surface area (TPSA) is 158 Å². The van der Waals surface area contributed by atoms with E-state index >= 15 is 0 Å². The van der Waals surface area contributed by atoms with Crippen molar-refractivity contribution in [1.82, 2.24) is 4.90 Å². The zero-order chi connectivity index (χ0) is 44.5. The molecular weight excluding hydrogens is 803 g/mol. The Kier molecular flexibility index (Phi) is 14.7. The lowest BCUT2D eigenvalue weighted by Crippen LogP contribution is -2.69. The number of fused-ring (bicyclic) bond motifs is 3. The molecule has 13 heteroatoms. The van der Waals surface area contributed by atoms with Crippen molar-refractivity contribution < 1.29 is 48.3 Å². The fourth-order valence-electron chi connectivity index (χ4n) is 9.75. The first kappa shape index (κ1) is 45.1. The maximum absolute atomic E-state index is 14.8. The summed E-state index contributed by atoms with van der Waals surface area (Å²) in [5, 5.41) is 29.3. The highest BCUT2D eigenvalue weighted by Gasteiger charge is 2.65. The molecule has 334 valence electrons. The first-order valence-electron chi connectivity index (χ1n) is 21.9. The molecule has 4 aromatic rings. The van der Waals surface area contributed by atoms with E-state index in [9.17, 15) is 19.8 Å². The number of rotatable bonds is 19. The van der Waals surface area contributed by atoms with Gasteiger partial charge in [-0.1, -0.05) is 60.5 Å². The van der Waals surface area contributed by atoms with E-state index in [0.29, 0.717) is 59.4 Å². The summed E-state index contributed by atoms with van der Waals surface area (Å²) in [4.78, 5) is 35.9. The maximum atomic E-state index is 14.8. The Morgan fingerprint density at radius 1 is 0.937 bits per heavy atom. The number of hydrogen-bond donors (Lipinski definition) is 3. The summed E-state index contributed by atoms with van der Waals surface area (Å²) in [7, 11) is 4.84. The van der Waals surface area contributed by atoms with Crippen LogP contribution in [0.2, 0.25) is 0 Å². The number of methoxy groups -OCH3 is 2. The number of ether oxygens (including phenoxy) is 5. The number of allylic oxidation sites excluding steroid dienone is 1. The minimum Gasteiger partial charge on any atom is -0.497 e. The Hall–Kier alpha value is -5.89. The number of likely N-dealkylation sites (N-methyl/N-ethyl adjacent to an activating group) is 1. The van der Waals surface area contributed by atoms with Crippen LogP contribution in [0.15, 0.2) is 108 Å². The van der Waals surface area contributed by atoms with Gasteiger partial charge in [0, 0.05) is 49.8 Å². The molecule has 0 spiro atoms. The molecule has 1 aliphatic heterocycles. The van der Waals surface area contributed by atoms with Crippen molar-refractivity contribution in [3.63, 3.8) is 0 Å². The van der Waals surface area contributed by atoms with E-state index in [-0.39, 0.29) is 49.9 Å². The number of nitrogens with one attached hydrogen (secondary N) is 1. The third-order valence-corrected chi connectivity index (χ3v) is 12.6. The number of aliphatic hydroxyl groups excluding tert-OH is 2. The molecule has 3 aliphatic rings. The van der Waals surface area contributed by atoms with Gasteiger partial charge in [0.05, 0.1) is 38.1 Å². The van der Waals surface area contributed by atoms with E-state index in [4.69, 9.17) is 33.7 Å². The number of carbonyl (C=O) groups excluding carboxylic acids is 2. The van der Waals surface area contributed by atoms with Crippen molar-refractivity contribution in [2.45, 2.75) is 69.6 Å². The van der Waals surface area contributed by atoms with Crippen LogP contribution in [0.3, 0.4) is 0 Å². The van der Waals surface area contributed by atoms with E-state index in [1.54, 1.807) is 55.5 Å². The van der Waals surface area contributed by atoms with Crippen LogP contribution in [0.4, 0.5) is 10.5 Å². The lowest BCUT2D eigenvalue weighted by Gasteiger charge is -2.59. The second-order valence-electron chi connectivity index (χ2n) is 16.2. The average molecular weight is 862 g/mol. The largest absolute Gasteiger partial charge is 0.497 e. The lowest BCUT2D eigenvalue weighted by molar-refractivity contribution is -0.252. The standard InChI is InChI=1S/C50H59N3O10/c1-6-26-60-50-45(53(3)48(56)35-19-18-32-14-8-9-15-33(32)27-35)31-42(52-61-7-2)39-28-34(16-10-12-24-54)38(17-11-13-25-55)46(47(39)50)40-29-37(21-23-43(40)63-50)62-49(57)51-41-22-20-36(58-4)30-44(41)59-5/h6,8-9,14-15,18-23,27-30,34,38,45-47,54-55H,1,7,10-13,16-17,24-26,31H2,2-5H3,(H,51,57). The zero-order valence-electron chi connectivity index (χ0n) is 36.6. The molecule has 1 heterocycles. The second kappa shape index (κ2) is 20.5. The van der Waals surface area contributed by atoms with Gasteiger partial charge in [0.2, 0.25) is 5.79 Å². The van der Waals surface area contributed by atoms with E-state index in [1.165, 1.54) is 7.11 Å². The fraction of sp³-hybridized carbons (Fsp3) is 0.420. The van der Waals surface area contributed by atoms with E-state index in [2.05, 4.69) is 18.0 Å². The first-order valence-corrected chi connectivity index (χ1v) is 21.9. The third-order valence-electron chi connectivity index (χ3n) is 12.6. The molecule has 3 N–H and O–H groups in total. The van der Waals surface area contributed by atoms with Gasteiger partial charge < -0.3 is 43.6 Å². The van der Waals surface area contributed by atoms with Crippen LogP contribution in [0, 0.1) is 17.8 Å². The molecule has 0 aromatic heterocycles. The summed E-state index contributed by atoms with van der Waals surface area (Å²) in [5.74, 6) is -0.634. The van der Waals surface area contributed by atoms with Gasteiger partial charge >= 0.3 is 6.09 Å². The normalized spacial score (nSPS) is 22.8. The Morgan fingerprint density at radius 2 is 1.70 bits per heavy atom. The van der Waals surface area contributed by atoms with Crippen molar-refractivity contribution >= 4 is 34.2 Å². The van der Waals surface area contributed by atoms with Gasteiger partial charge in [-0.25, -0.2) is 4.79 Å². The summed E-state index contributed by atoms with van der Waals surface area (Å²) in [6, 6.07) is 23.4. The van der Waals surface area contributed by atoms with Gasteiger partial charge in [-0.15, -0.1) is 6.58 Å². The van der Waals surface area contributed by atoms with Gasteiger partial charge in [0.15, 0.2) is 0 Å². The van der Waals surface area contributed by atoms with E-state index < -0.39 is 23.8 Å². The molecular formula is C50H59N3O10. The van der Waals surface area contributed by atoms with Crippen molar-refractivity contribution in [3.8, 4) is 23.0 Å². The smallest absolute Gasteiger partial charge is 0.417 e. The number of anilines is 1. The van der Waals surface area contributed by atoms with Crippen LogP contribution in [0.25, 0.3) is 10.8 Å². The highest BCUT2D eigenvalue weighted by Crippen LogP contribution is 2.62. The monoisotopic (exact) mass is 861 g/mol. The molecule has 6 unspecified atom stereocenters. The predicted octanol–water partition coefficient (Wildman–Crippen LogP) is 8.89. The van der Waals surface area contributed by atoms with Gasteiger partial charge in [0.1, 0.15) is 35.6 Å². The summed E-state index contributed by atoms with van der Waals surface area (Å²) < 4.78 is 31.1. The number of nitrogens with zero attached hydrogens (tertiary/aromatic N) is 2. The number of hydrogen-bond acceptors (Lipinski definition) is 11. The number of amides is 2. The third kappa shape index (κ3) is 9.41. The summed E-state index contributed by atoms with van der Waals surface area (Å²) in [5.41, 5.74) is 3.35. The minimum atomic E-state index is -1.43. The molecule has 0 radical (unpaired) electrons. The highest BCUT2D eigenvalue weighted by atomic mass is 16.7. The molecule has 6 atom stereocenters. The van der Waals surface area contributed by atoms with E-state index in [0.717, 1.165) is 47.6 Å². The van der Waals surface area contributed by atoms with Crippen LogP contribution in [0.5, 0.6) is 23.0 Å². The number of benzene rings is 4. The number of carbonyl (C=O) groups is 2. The quantitative estimate of drug-likeness (QED) is 0.0473. The molecule has 1 fully saturated rings. The van der Waals surface area contributed by atoms with Gasteiger partial charge in [0.25, 0.3) is 5.91 Å². The molecule has 63 heavy (non-hydrogen) atoms. The first-order chi connectivity index (χ1) is 30.7. The van der Waals surface area contributed by atoms with E-state index in [1.807, 2.05) is 55.5 Å². The Bertz CT molecular complexity index is 2330. The molecule has 13 nitrogen and oxygen atoms in total. The summed E-state index contributed by atoms with van der Waals surface area (Å²) >= 11 is 0. The molecule has 4 aromatic carbocycles. The maximum Gasteiger partial charge on any atom is 0.417 e. The van der Waals surface area contributed by atoms with Crippen LogP contribution in [0.1, 0.15) is 73.7 Å².